The normalized spacial score (nSPS) is 11.3. The van der Waals surface area contributed by atoms with Gasteiger partial charge in [0.05, 0.1) is 19.0 Å². The number of ether oxygens (including phenoxy) is 1. The maximum atomic E-state index is 12.8. The molecule has 168 valence electrons. The lowest BCUT2D eigenvalue weighted by Gasteiger charge is -2.19. The number of nitrogens with zero attached hydrogens (tertiary/aromatic N) is 4. The molecule has 1 N–H and O–H groups in total. The first-order valence-electron chi connectivity index (χ1n) is 10.3. The highest BCUT2D eigenvalue weighted by atomic mass is 16.5. The number of nitriles is 1. The molecule has 0 spiro atoms. The van der Waals surface area contributed by atoms with E-state index in [1.165, 1.54) is 13.1 Å². The fourth-order valence-electron chi connectivity index (χ4n) is 3.14. The van der Waals surface area contributed by atoms with Gasteiger partial charge in [0.15, 0.2) is 5.69 Å². The Bertz CT molecular complexity index is 1290. The van der Waals surface area contributed by atoms with E-state index in [-0.39, 0.29) is 22.2 Å². The average molecular weight is 444 g/mol. The Morgan fingerprint density at radius 3 is 2.33 bits per heavy atom. The molecule has 8 nitrogen and oxygen atoms in total. The van der Waals surface area contributed by atoms with E-state index in [1.807, 2.05) is 18.2 Å². The summed E-state index contributed by atoms with van der Waals surface area (Å²) < 4.78 is 6.18. The summed E-state index contributed by atoms with van der Waals surface area (Å²) >= 11 is 0. The Morgan fingerprint density at radius 1 is 1.15 bits per heavy atom. The van der Waals surface area contributed by atoms with Crippen LogP contribution in [0, 0.1) is 18.3 Å². The zero-order valence-corrected chi connectivity index (χ0v) is 19.2. The maximum absolute atomic E-state index is 12.8. The van der Waals surface area contributed by atoms with Gasteiger partial charge in [-0.05, 0) is 59.9 Å². The van der Waals surface area contributed by atoms with E-state index >= 15 is 0 Å². The summed E-state index contributed by atoms with van der Waals surface area (Å²) in [5.41, 5.74) is 4.05. The van der Waals surface area contributed by atoms with E-state index < -0.39 is 11.5 Å². The van der Waals surface area contributed by atoms with Crippen molar-refractivity contribution in [2.45, 2.75) is 33.1 Å². The smallest absolute Gasteiger partial charge is 0.292 e. The molecule has 3 aromatic rings. The Balaban J connectivity index is 1.93. The van der Waals surface area contributed by atoms with E-state index in [0.717, 1.165) is 15.8 Å². The van der Waals surface area contributed by atoms with Crippen LogP contribution in [0.3, 0.4) is 0 Å². The minimum absolute atomic E-state index is 0.0575. The van der Waals surface area contributed by atoms with Crippen molar-refractivity contribution in [1.29, 1.82) is 5.26 Å². The van der Waals surface area contributed by atoms with Crippen LogP contribution in [0.1, 0.15) is 53.5 Å². The highest BCUT2D eigenvalue weighted by molar-refractivity contribution is 5.94. The van der Waals surface area contributed by atoms with Crippen molar-refractivity contribution in [3.63, 3.8) is 0 Å². The second kappa shape index (κ2) is 9.49. The topological polar surface area (TPSA) is 109 Å². The number of benzene rings is 2. The van der Waals surface area contributed by atoms with Crippen LogP contribution in [0.15, 0.2) is 58.4 Å². The van der Waals surface area contributed by atoms with Gasteiger partial charge in [0.2, 0.25) is 0 Å². The molecular weight excluding hydrogens is 418 g/mol. The number of carbonyl (C=O) groups is 1. The van der Waals surface area contributed by atoms with E-state index in [9.17, 15) is 14.9 Å². The van der Waals surface area contributed by atoms with Crippen LogP contribution in [0.2, 0.25) is 0 Å². The number of rotatable bonds is 5. The van der Waals surface area contributed by atoms with Gasteiger partial charge in [-0.3, -0.25) is 9.59 Å². The fraction of sp³-hybridized carbons (Fsp3) is 0.240. The zero-order chi connectivity index (χ0) is 24.2. The first-order chi connectivity index (χ1) is 15.7. The molecule has 3 rings (SSSR count). The minimum Gasteiger partial charge on any atom is -0.497 e. The molecule has 1 amide bonds. The van der Waals surface area contributed by atoms with E-state index in [2.05, 4.69) is 36.4 Å². The molecule has 0 saturated carbocycles. The zero-order valence-electron chi connectivity index (χ0n) is 19.2. The molecule has 0 saturated heterocycles. The molecular formula is C25H25N5O3. The van der Waals surface area contributed by atoms with Crippen molar-refractivity contribution in [2.75, 3.05) is 7.11 Å². The predicted octanol–water partition coefficient (Wildman–Crippen LogP) is 3.48. The summed E-state index contributed by atoms with van der Waals surface area (Å²) in [5, 5.41) is 17.7. The third kappa shape index (κ3) is 5.15. The fourth-order valence-corrected chi connectivity index (χ4v) is 3.14. The van der Waals surface area contributed by atoms with Crippen molar-refractivity contribution in [3.05, 3.63) is 86.8 Å². The molecule has 0 aliphatic carbocycles. The molecule has 0 fully saturated rings. The third-order valence-corrected chi connectivity index (χ3v) is 5.14. The highest BCUT2D eigenvalue weighted by Crippen LogP contribution is 2.23. The summed E-state index contributed by atoms with van der Waals surface area (Å²) in [7, 11) is 1.58. The van der Waals surface area contributed by atoms with Crippen LogP contribution in [0.4, 0.5) is 0 Å². The highest BCUT2D eigenvalue weighted by Gasteiger charge is 2.20. The van der Waals surface area contributed by atoms with E-state index in [0.29, 0.717) is 11.4 Å². The molecule has 0 unspecified atom stereocenters. The molecule has 0 atom stereocenters. The lowest BCUT2D eigenvalue weighted by Crippen LogP contribution is -2.31. The molecule has 0 bridgehead atoms. The largest absolute Gasteiger partial charge is 0.497 e. The van der Waals surface area contributed by atoms with Crippen molar-refractivity contribution >= 4 is 12.1 Å². The molecule has 2 aromatic carbocycles. The van der Waals surface area contributed by atoms with Crippen LogP contribution in [-0.4, -0.2) is 29.0 Å². The Labute approximate surface area is 192 Å². The standard InChI is InChI=1S/C25H25N5O3/c1-16-21(14-26)24(32)30(19-10-8-18(9-11-19)25(2,3)4)29-22(16)23(31)28-27-15-17-6-12-20(33-5)13-7-17/h6-13,15H,1-5H3,(H,28,31)/b27-15+. The van der Waals surface area contributed by atoms with Gasteiger partial charge in [0, 0.05) is 5.56 Å². The minimum atomic E-state index is -0.631. The number of amides is 1. The Morgan fingerprint density at radius 2 is 1.79 bits per heavy atom. The number of carbonyl (C=O) groups excluding carboxylic acids is 1. The molecule has 1 aromatic heterocycles. The van der Waals surface area contributed by atoms with Crippen molar-refractivity contribution < 1.29 is 9.53 Å². The van der Waals surface area contributed by atoms with Gasteiger partial charge in [-0.2, -0.15) is 20.1 Å². The van der Waals surface area contributed by atoms with Gasteiger partial charge in [0.25, 0.3) is 11.5 Å². The second-order valence-electron chi connectivity index (χ2n) is 8.45. The monoisotopic (exact) mass is 443 g/mol. The van der Waals surface area contributed by atoms with Crippen LogP contribution < -0.4 is 15.7 Å². The molecule has 1 heterocycles. The number of aromatic nitrogens is 2. The van der Waals surface area contributed by atoms with Gasteiger partial charge >= 0.3 is 0 Å². The van der Waals surface area contributed by atoms with E-state index in [1.54, 1.807) is 43.5 Å². The summed E-state index contributed by atoms with van der Waals surface area (Å²) in [6, 6.07) is 16.3. The maximum Gasteiger partial charge on any atom is 0.292 e. The second-order valence-corrected chi connectivity index (χ2v) is 8.45. The summed E-state index contributed by atoms with van der Waals surface area (Å²) in [5.74, 6) is 0.0756. The first-order valence-corrected chi connectivity index (χ1v) is 10.3. The first kappa shape index (κ1) is 23.4. The van der Waals surface area contributed by atoms with Crippen molar-refractivity contribution in [2.24, 2.45) is 5.10 Å². The van der Waals surface area contributed by atoms with Crippen LogP contribution in [-0.2, 0) is 5.41 Å². The number of hydrogen-bond acceptors (Lipinski definition) is 6. The van der Waals surface area contributed by atoms with Crippen LogP contribution >= 0.6 is 0 Å². The molecule has 0 aliphatic rings. The predicted molar refractivity (Wildman–Crippen MR) is 126 cm³/mol. The van der Waals surface area contributed by atoms with E-state index in [4.69, 9.17) is 4.74 Å². The number of nitrogens with one attached hydrogen (secondary N) is 1. The van der Waals surface area contributed by atoms with Crippen molar-refractivity contribution in [1.82, 2.24) is 15.2 Å². The quantitative estimate of drug-likeness (QED) is 0.480. The lowest BCUT2D eigenvalue weighted by atomic mass is 9.87. The van der Waals surface area contributed by atoms with Gasteiger partial charge in [-0.15, -0.1) is 0 Å². The summed E-state index contributed by atoms with van der Waals surface area (Å²) in [6.45, 7) is 7.77. The van der Waals surface area contributed by atoms with Crippen LogP contribution in [0.25, 0.3) is 5.69 Å². The number of methoxy groups -OCH3 is 1. The third-order valence-electron chi connectivity index (χ3n) is 5.14. The number of hydrogen-bond donors (Lipinski definition) is 1. The molecule has 33 heavy (non-hydrogen) atoms. The average Bonchev–Trinajstić information content (AvgIpc) is 2.79. The lowest BCUT2D eigenvalue weighted by molar-refractivity contribution is 0.0947. The molecule has 0 aliphatic heterocycles. The van der Waals surface area contributed by atoms with Gasteiger partial charge in [-0.1, -0.05) is 32.9 Å². The van der Waals surface area contributed by atoms with Crippen LogP contribution in [0.5, 0.6) is 5.75 Å². The molecule has 0 radical (unpaired) electrons. The Kier molecular flexibility index (Phi) is 6.73. The SMILES string of the molecule is COc1ccc(/C=N/NC(=O)c2nn(-c3ccc(C(C)(C)C)cc3)c(=O)c(C#N)c2C)cc1. The Hall–Kier alpha value is -4.25. The summed E-state index contributed by atoms with van der Waals surface area (Å²) in [4.78, 5) is 25.6. The van der Waals surface area contributed by atoms with Gasteiger partial charge < -0.3 is 4.74 Å². The van der Waals surface area contributed by atoms with Gasteiger partial charge in [0.1, 0.15) is 17.4 Å². The van der Waals surface area contributed by atoms with Crippen molar-refractivity contribution in [3.8, 4) is 17.5 Å². The summed E-state index contributed by atoms with van der Waals surface area (Å²) in [6.07, 6.45) is 1.47. The van der Waals surface area contributed by atoms with Gasteiger partial charge in [-0.25, -0.2) is 5.43 Å². The number of hydrazone groups is 1. The molecule has 8 heteroatoms.